The van der Waals surface area contributed by atoms with Gasteiger partial charge >= 0.3 is 5.97 Å². The van der Waals surface area contributed by atoms with Gasteiger partial charge in [0.05, 0.1) is 0 Å². The topological polar surface area (TPSA) is 61.4 Å². The zero-order chi connectivity index (χ0) is 11.8. The van der Waals surface area contributed by atoms with Crippen molar-refractivity contribution in [2.45, 2.75) is 18.9 Å². The van der Waals surface area contributed by atoms with Crippen molar-refractivity contribution in [1.29, 1.82) is 0 Å². The molecule has 0 bridgehead atoms. The summed E-state index contributed by atoms with van der Waals surface area (Å²) in [6, 6.07) is 9.80. The van der Waals surface area contributed by atoms with Crippen LogP contribution < -0.4 is 10.6 Å². The molecule has 0 spiro atoms. The van der Waals surface area contributed by atoms with Gasteiger partial charge in [-0.3, -0.25) is 4.79 Å². The predicted octanol–water partition coefficient (Wildman–Crippen LogP) is 1.55. The van der Waals surface area contributed by atoms with Gasteiger partial charge in [-0.05, 0) is 31.5 Å². The molecule has 16 heavy (non-hydrogen) atoms. The molecule has 0 amide bonds. The molecular weight excluding hydrogens is 204 g/mol. The van der Waals surface area contributed by atoms with Crippen LogP contribution in [0.15, 0.2) is 30.3 Å². The van der Waals surface area contributed by atoms with E-state index >= 15 is 0 Å². The molecule has 88 valence electrons. The van der Waals surface area contributed by atoms with Gasteiger partial charge in [0.25, 0.3) is 0 Å². The number of benzene rings is 1. The fourth-order valence-electron chi connectivity index (χ4n) is 1.50. The Balaban J connectivity index is 0.000000160. The van der Waals surface area contributed by atoms with Crippen LogP contribution >= 0.6 is 0 Å². The number of carboxylic acid groups (broad SMARTS) is 1. The monoisotopic (exact) mass is 222 g/mol. The fourth-order valence-corrected chi connectivity index (χ4v) is 1.50. The van der Waals surface area contributed by atoms with E-state index in [4.69, 9.17) is 5.11 Å². The lowest BCUT2D eigenvalue weighted by molar-refractivity contribution is -0.139. The third kappa shape index (κ3) is 4.31. The van der Waals surface area contributed by atoms with E-state index < -0.39 is 5.97 Å². The first kappa shape index (κ1) is 12.5. The first-order valence-corrected chi connectivity index (χ1v) is 5.43. The van der Waals surface area contributed by atoms with Crippen LogP contribution in [0.4, 0.5) is 5.69 Å². The minimum absolute atomic E-state index is 0.269. The fraction of sp³-hybridized carbons (Fsp3) is 0.417. The number of anilines is 1. The summed E-state index contributed by atoms with van der Waals surface area (Å²) in [7, 11) is 1.91. The molecule has 1 aromatic rings. The zero-order valence-electron chi connectivity index (χ0n) is 9.44. The summed E-state index contributed by atoms with van der Waals surface area (Å²) < 4.78 is 0. The summed E-state index contributed by atoms with van der Waals surface area (Å²) in [5.41, 5.74) is 1.16. The van der Waals surface area contributed by atoms with Crippen molar-refractivity contribution < 1.29 is 9.90 Å². The van der Waals surface area contributed by atoms with Crippen molar-refractivity contribution >= 4 is 11.7 Å². The van der Waals surface area contributed by atoms with Crippen LogP contribution in [-0.4, -0.2) is 30.7 Å². The molecule has 4 nitrogen and oxygen atoms in total. The van der Waals surface area contributed by atoms with Crippen molar-refractivity contribution in [1.82, 2.24) is 5.32 Å². The minimum atomic E-state index is -0.720. The predicted molar refractivity (Wildman–Crippen MR) is 64.6 cm³/mol. The summed E-state index contributed by atoms with van der Waals surface area (Å²) in [5.74, 6) is -0.720. The second-order valence-corrected chi connectivity index (χ2v) is 3.60. The van der Waals surface area contributed by atoms with Crippen LogP contribution in [0.5, 0.6) is 0 Å². The maximum Gasteiger partial charge on any atom is 0.320 e. The maximum absolute atomic E-state index is 10.1. The molecule has 1 saturated heterocycles. The van der Waals surface area contributed by atoms with E-state index in [1.54, 1.807) is 0 Å². The van der Waals surface area contributed by atoms with Crippen LogP contribution in [0.25, 0.3) is 0 Å². The SMILES string of the molecule is CNc1ccccc1.O=C(O)[C@@H]1CCCN1. The zero-order valence-corrected chi connectivity index (χ0v) is 9.44. The summed E-state index contributed by atoms with van der Waals surface area (Å²) >= 11 is 0. The molecule has 4 heteroatoms. The van der Waals surface area contributed by atoms with E-state index in [-0.39, 0.29) is 6.04 Å². The van der Waals surface area contributed by atoms with Crippen molar-refractivity contribution in [3.63, 3.8) is 0 Å². The number of carbonyl (C=O) groups is 1. The van der Waals surface area contributed by atoms with E-state index in [0.29, 0.717) is 0 Å². The van der Waals surface area contributed by atoms with Gasteiger partial charge in [0.15, 0.2) is 0 Å². The Labute approximate surface area is 95.7 Å². The second kappa shape index (κ2) is 6.85. The molecule has 0 unspecified atom stereocenters. The number of carboxylic acids is 1. The van der Waals surface area contributed by atoms with Crippen molar-refractivity contribution in [3.05, 3.63) is 30.3 Å². The molecule has 0 radical (unpaired) electrons. The number of para-hydroxylation sites is 1. The largest absolute Gasteiger partial charge is 0.480 e. The van der Waals surface area contributed by atoms with Gasteiger partial charge in [-0.1, -0.05) is 18.2 Å². The van der Waals surface area contributed by atoms with E-state index in [0.717, 1.165) is 25.1 Å². The lowest BCUT2D eigenvalue weighted by Crippen LogP contribution is -2.29. The first-order chi connectivity index (χ1) is 7.74. The number of hydrogen-bond acceptors (Lipinski definition) is 3. The van der Waals surface area contributed by atoms with E-state index in [1.807, 2.05) is 37.4 Å². The Morgan fingerprint density at radius 2 is 2.12 bits per heavy atom. The van der Waals surface area contributed by atoms with Gasteiger partial charge in [-0.2, -0.15) is 0 Å². The first-order valence-electron chi connectivity index (χ1n) is 5.43. The Hall–Kier alpha value is -1.55. The van der Waals surface area contributed by atoms with Gasteiger partial charge in [0, 0.05) is 12.7 Å². The van der Waals surface area contributed by atoms with Gasteiger partial charge in [0.2, 0.25) is 0 Å². The molecule has 1 atom stereocenters. The minimum Gasteiger partial charge on any atom is -0.480 e. The standard InChI is InChI=1S/C7H9N.C5H9NO2/c1-8-7-5-3-2-4-6-7;7-5(8)4-2-1-3-6-4/h2-6,8H,1H3;4,6H,1-3H2,(H,7,8)/t;4-/m.0/s1. The Bertz CT molecular complexity index is 308. The van der Waals surface area contributed by atoms with E-state index in [1.165, 1.54) is 0 Å². The Kier molecular flexibility index (Phi) is 5.36. The third-order valence-electron chi connectivity index (χ3n) is 2.42. The quantitative estimate of drug-likeness (QED) is 0.710. The average molecular weight is 222 g/mol. The molecule has 0 aliphatic carbocycles. The molecule has 2 rings (SSSR count). The highest BCUT2D eigenvalue weighted by Gasteiger charge is 2.20. The lowest BCUT2D eigenvalue weighted by atomic mass is 10.2. The maximum atomic E-state index is 10.1. The number of rotatable bonds is 2. The van der Waals surface area contributed by atoms with Gasteiger partial charge in [0.1, 0.15) is 6.04 Å². The van der Waals surface area contributed by atoms with E-state index in [2.05, 4.69) is 10.6 Å². The highest BCUT2D eigenvalue weighted by atomic mass is 16.4. The Morgan fingerprint density at radius 3 is 2.44 bits per heavy atom. The van der Waals surface area contributed by atoms with Crippen LogP contribution in [-0.2, 0) is 4.79 Å². The number of nitrogens with one attached hydrogen (secondary N) is 2. The third-order valence-corrected chi connectivity index (χ3v) is 2.42. The van der Waals surface area contributed by atoms with Gasteiger partial charge < -0.3 is 15.7 Å². The van der Waals surface area contributed by atoms with Crippen LogP contribution in [0.2, 0.25) is 0 Å². The van der Waals surface area contributed by atoms with Gasteiger partial charge in [-0.15, -0.1) is 0 Å². The molecule has 1 aromatic carbocycles. The molecule has 0 saturated carbocycles. The molecule has 1 aliphatic rings. The number of hydrogen-bond donors (Lipinski definition) is 3. The Morgan fingerprint density at radius 1 is 1.44 bits per heavy atom. The normalized spacial score (nSPS) is 18.4. The molecular formula is C12H18N2O2. The van der Waals surface area contributed by atoms with Crippen LogP contribution in [0.1, 0.15) is 12.8 Å². The van der Waals surface area contributed by atoms with Gasteiger partial charge in [-0.25, -0.2) is 0 Å². The molecule has 1 aliphatic heterocycles. The highest BCUT2D eigenvalue weighted by Crippen LogP contribution is 2.03. The molecule has 1 heterocycles. The van der Waals surface area contributed by atoms with Crippen molar-refractivity contribution in [3.8, 4) is 0 Å². The van der Waals surface area contributed by atoms with Crippen LogP contribution in [0.3, 0.4) is 0 Å². The molecule has 3 N–H and O–H groups in total. The molecule has 1 fully saturated rings. The highest BCUT2D eigenvalue weighted by molar-refractivity contribution is 5.73. The van der Waals surface area contributed by atoms with Crippen molar-refractivity contribution in [2.24, 2.45) is 0 Å². The summed E-state index contributed by atoms with van der Waals surface area (Å²) in [6.45, 7) is 0.858. The summed E-state index contributed by atoms with van der Waals surface area (Å²) in [4.78, 5) is 10.1. The lowest BCUT2D eigenvalue weighted by Gasteiger charge is -1.99. The average Bonchev–Trinajstić information content (AvgIpc) is 2.85. The summed E-state index contributed by atoms with van der Waals surface area (Å²) in [5, 5.41) is 14.2. The van der Waals surface area contributed by atoms with Crippen LogP contribution in [0, 0.1) is 0 Å². The van der Waals surface area contributed by atoms with Crippen molar-refractivity contribution in [2.75, 3.05) is 18.9 Å². The number of aliphatic carboxylic acids is 1. The molecule has 0 aromatic heterocycles. The van der Waals surface area contributed by atoms with E-state index in [9.17, 15) is 4.79 Å². The second-order valence-electron chi connectivity index (χ2n) is 3.60. The smallest absolute Gasteiger partial charge is 0.320 e. The summed E-state index contributed by atoms with van der Waals surface area (Å²) in [6.07, 6.45) is 1.78.